The lowest BCUT2D eigenvalue weighted by Gasteiger charge is -2.18. The van der Waals surface area contributed by atoms with Gasteiger partial charge in [-0.1, -0.05) is 113 Å². The topological polar surface area (TPSA) is 0 Å². The van der Waals surface area contributed by atoms with Crippen molar-refractivity contribution in [1.29, 1.82) is 0 Å². The third kappa shape index (κ3) is 3.05. The largest absolute Gasteiger partial charge is 0.0616 e. The van der Waals surface area contributed by atoms with Crippen LogP contribution < -0.4 is 0 Å². The van der Waals surface area contributed by atoms with E-state index in [1.165, 1.54) is 54.6 Å². The van der Waals surface area contributed by atoms with Crippen molar-refractivity contribution in [2.75, 3.05) is 0 Å². The van der Waals surface area contributed by atoms with Gasteiger partial charge in [0, 0.05) is 4.47 Å². The van der Waals surface area contributed by atoms with Crippen molar-refractivity contribution in [3.63, 3.8) is 0 Å². The van der Waals surface area contributed by atoms with Gasteiger partial charge < -0.3 is 0 Å². The molecule has 0 atom stereocenters. The highest BCUT2D eigenvalue weighted by molar-refractivity contribution is 9.10. The highest BCUT2D eigenvalue weighted by atomic mass is 79.9. The van der Waals surface area contributed by atoms with E-state index in [1.54, 1.807) is 0 Å². The molecule has 0 aromatic heterocycles. The molecular weight excluding hydrogens is 440 g/mol. The summed E-state index contributed by atoms with van der Waals surface area (Å²) in [6.45, 7) is 0. The third-order valence-electron chi connectivity index (χ3n) is 6.08. The van der Waals surface area contributed by atoms with Gasteiger partial charge in [-0.15, -0.1) is 0 Å². The average molecular weight is 459 g/mol. The van der Waals surface area contributed by atoms with E-state index >= 15 is 0 Å². The normalized spacial score (nSPS) is 11.4. The van der Waals surface area contributed by atoms with Crippen LogP contribution in [0.15, 0.2) is 120 Å². The lowest BCUT2D eigenvalue weighted by Crippen LogP contribution is -1.90. The Morgan fingerprint density at radius 3 is 1.48 bits per heavy atom. The molecule has 31 heavy (non-hydrogen) atoms. The van der Waals surface area contributed by atoms with E-state index < -0.39 is 0 Å². The van der Waals surface area contributed by atoms with Crippen molar-refractivity contribution in [3.05, 3.63) is 120 Å². The van der Waals surface area contributed by atoms with Crippen LogP contribution in [0.5, 0.6) is 0 Å². The van der Waals surface area contributed by atoms with Crippen LogP contribution in [0.2, 0.25) is 0 Å². The summed E-state index contributed by atoms with van der Waals surface area (Å²) >= 11 is 3.66. The molecule has 0 N–H and O–H groups in total. The van der Waals surface area contributed by atoms with Gasteiger partial charge in [-0.05, 0) is 72.8 Å². The van der Waals surface area contributed by atoms with Crippen LogP contribution >= 0.6 is 15.9 Å². The maximum Gasteiger partial charge on any atom is 0.0181 e. The van der Waals surface area contributed by atoms with E-state index in [2.05, 4.69) is 131 Å². The van der Waals surface area contributed by atoms with Crippen LogP contribution in [-0.2, 0) is 0 Å². The molecule has 6 aromatic carbocycles. The van der Waals surface area contributed by atoms with Gasteiger partial charge in [-0.2, -0.15) is 0 Å². The second-order valence-electron chi connectivity index (χ2n) is 7.91. The Hall–Kier alpha value is -3.42. The minimum absolute atomic E-state index is 1.09. The Morgan fingerprint density at radius 1 is 0.387 bits per heavy atom. The predicted octanol–water partition coefficient (Wildman–Crippen LogP) is 9.24. The van der Waals surface area contributed by atoms with Gasteiger partial charge in [0.2, 0.25) is 0 Å². The fourth-order valence-corrected chi connectivity index (χ4v) is 5.14. The van der Waals surface area contributed by atoms with Crippen molar-refractivity contribution in [3.8, 4) is 22.3 Å². The van der Waals surface area contributed by atoms with Gasteiger partial charge in [0.15, 0.2) is 0 Å². The lowest BCUT2D eigenvalue weighted by molar-refractivity contribution is 1.63. The molecule has 146 valence electrons. The SMILES string of the molecule is Brc1cccc(-c2c3ccccc3c(-c3ccc4ccccc4c3)c3ccccc23)c1. The monoisotopic (exact) mass is 458 g/mol. The maximum atomic E-state index is 3.66. The van der Waals surface area contributed by atoms with Crippen LogP contribution in [0.25, 0.3) is 54.6 Å². The van der Waals surface area contributed by atoms with Crippen molar-refractivity contribution in [2.45, 2.75) is 0 Å². The molecule has 0 spiro atoms. The first-order valence-corrected chi connectivity index (χ1v) is 11.3. The fourth-order valence-electron chi connectivity index (χ4n) is 4.74. The van der Waals surface area contributed by atoms with Crippen LogP contribution in [0.3, 0.4) is 0 Å². The zero-order valence-corrected chi connectivity index (χ0v) is 18.4. The van der Waals surface area contributed by atoms with Gasteiger partial charge in [-0.25, -0.2) is 0 Å². The molecule has 0 aliphatic heterocycles. The lowest BCUT2D eigenvalue weighted by atomic mass is 9.85. The van der Waals surface area contributed by atoms with E-state index in [0.717, 1.165) is 4.47 Å². The molecule has 0 saturated heterocycles. The Balaban J connectivity index is 1.78. The van der Waals surface area contributed by atoms with Crippen molar-refractivity contribution in [1.82, 2.24) is 0 Å². The second-order valence-corrected chi connectivity index (χ2v) is 8.83. The average Bonchev–Trinajstić information content (AvgIpc) is 2.82. The molecule has 6 aromatic rings. The van der Waals surface area contributed by atoms with E-state index in [-0.39, 0.29) is 0 Å². The van der Waals surface area contributed by atoms with Crippen LogP contribution in [0.1, 0.15) is 0 Å². The first kappa shape index (κ1) is 18.4. The number of hydrogen-bond donors (Lipinski definition) is 0. The number of hydrogen-bond acceptors (Lipinski definition) is 0. The van der Waals surface area contributed by atoms with Gasteiger partial charge in [0.1, 0.15) is 0 Å². The van der Waals surface area contributed by atoms with Gasteiger partial charge in [0.05, 0.1) is 0 Å². The van der Waals surface area contributed by atoms with E-state index in [1.807, 2.05) is 0 Å². The summed E-state index contributed by atoms with van der Waals surface area (Å²) in [5, 5.41) is 7.66. The van der Waals surface area contributed by atoms with E-state index in [0.29, 0.717) is 0 Å². The van der Waals surface area contributed by atoms with Crippen LogP contribution in [0.4, 0.5) is 0 Å². The highest BCUT2D eigenvalue weighted by Gasteiger charge is 2.16. The molecule has 0 unspecified atom stereocenters. The second kappa shape index (κ2) is 7.37. The molecule has 0 aliphatic carbocycles. The molecule has 0 fully saturated rings. The first-order chi connectivity index (χ1) is 15.3. The molecule has 0 saturated carbocycles. The molecule has 0 radical (unpaired) electrons. The van der Waals surface area contributed by atoms with E-state index in [4.69, 9.17) is 0 Å². The Morgan fingerprint density at radius 2 is 0.903 bits per heavy atom. The molecule has 0 heterocycles. The number of rotatable bonds is 2. The minimum Gasteiger partial charge on any atom is -0.0616 e. The zero-order chi connectivity index (χ0) is 20.8. The third-order valence-corrected chi connectivity index (χ3v) is 6.58. The zero-order valence-electron chi connectivity index (χ0n) is 16.8. The summed E-state index contributed by atoms with van der Waals surface area (Å²) in [6, 6.07) is 41.6. The minimum atomic E-state index is 1.09. The maximum absolute atomic E-state index is 3.66. The Labute approximate surface area is 189 Å². The van der Waals surface area contributed by atoms with Crippen LogP contribution in [-0.4, -0.2) is 0 Å². The molecule has 1 heteroatoms. The first-order valence-electron chi connectivity index (χ1n) is 10.5. The molecule has 0 aliphatic rings. The Kier molecular flexibility index (Phi) is 4.36. The van der Waals surface area contributed by atoms with Crippen LogP contribution in [0, 0.1) is 0 Å². The molecule has 0 nitrogen and oxygen atoms in total. The summed E-state index contributed by atoms with van der Waals surface area (Å²) in [5.74, 6) is 0. The number of benzene rings is 6. The number of halogens is 1. The summed E-state index contributed by atoms with van der Waals surface area (Å²) in [7, 11) is 0. The Bertz CT molecular complexity index is 1540. The van der Waals surface area contributed by atoms with Gasteiger partial charge in [-0.3, -0.25) is 0 Å². The number of fused-ring (bicyclic) bond motifs is 3. The highest BCUT2D eigenvalue weighted by Crippen LogP contribution is 2.44. The smallest absolute Gasteiger partial charge is 0.0181 e. The van der Waals surface area contributed by atoms with Crippen molar-refractivity contribution in [2.24, 2.45) is 0 Å². The van der Waals surface area contributed by atoms with Crippen molar-refractivity contribution < 1.29 is 0 Å². The molecule has 0 bridgehead atoms. The fraction of sp³-hybridized carbons (Fsp3) is 0. The predicted molar refractivity (Wildman–Crippen MR) is 138 cm³/mol. The molecule has 0 amide bonds. The summed E-state index contributed by atoms with van der Waals surface area (Å²) in [6.07, 6.45) is 0. The van der Waals surface area contributed by atoms with E-state index in [9.17, 15) is 0 Å². The van der Waals surface area contributed by atoms with Gasteiger partial charge in [0.25, 0.3) is 0 Å². The van der Waals surface area contributed by atoms with Crippen molar-refractivity contribution >= 4 is 48.2 Å². The summed E-state index contributed by atoms with van der Waals surface area (Å²) in [4.78, 5) is 0. The standard InChI is InChI=1S/C30H19Br/c31-24-11-7-10-22(19-24)29-25-12-3-5-14-27(25)30(28-15-6-4-13-26(28)29)23-17-16-20-8-1-2-9-21(20)18-23/h1-19H. The summed E-state index contributed by atoms with van der Waals surface area (Å²) < 4.78 is 1.09. The molecular formula is C30H19Br. The summed E-state index contributed by atoms with van der Waals surface area (Å²) in [5.41, 5.74) is 5.08. The van der Waals surface area contributed by atoms with Gasteiger partial charge >= 0.3 is 0 Å². The quantitative estimate of drug-likeness (QED) is 0.226. The molecule has 6 rings (SSSR count).